The van der Waals surface area contributed by atoms with Crippen molar-refractivity contribution in [1.29, 1.82) is 0 Å². The van der Waals surface area contributed by atoms with Crippen molar-refractivity contribution in [3.05, 3.63) is 78.4 Å². The van der Waals surface area contributed by atoms with Gasteiger partial charge in [-0.1, -0.05) is 30.3 Å². The normalized spacial score (nSPS) is 24.9. The van der Waals surface area contributed by atoms with Crippen LogP contribution in [-0.2, 0) is 20.2 Å². The maximum absolute atomic E-state index is 13.7. The summed E-state index contributed by atoms with van der Waals surface area (Å²) in [7, 11) is -1.05. The van der Waals surface area contributed by atoms with E-state index in [2.05, 4.69) is 17.4 Å². The lowest BCUT2D eigenvalue weighted by Gasteiger charge is -2.57. The zero-order chi connectivity index (χ0) is 27.9. The van der Waals surface area contributed by atoms with Crippen LogP contribution in [0.2, 0.25) is 0 Å². The molecule has 0 heterocycles. The van der Waals surface area contributed by atoms with E-state index in [0.29, 0.717) is 22.9 Å². The summed E-state index contributed by atoms with van der Waals surface area (Å²) in [5, 5.41) is 2.92. The van der Waals surface area contributed by atoms with Crippen molar-refractivity contribution in [2.45, 2.75) is 48.8 Å². The summed E-state index contributed by atoms with van der Waals surface area (Å²) in [6.45, 7) is -0.399. The van der Waals surface area contributed by atoms with E-state index in [1.807, 2.05) is 12.1 Å². The number of amides is 1. The molecule has 7 nitrogen and oxygen atoms in total. The molecule has 0 radical (unpaired) electrons. The van der Waals surface area contributed by atoms with E-state index in [1.54, 1.807) is 36.4 Å². The van der Waals surface area contributed by atoms with Gasteiger partial charge in [-0.05, 0) is 104 Å². The van der Waals surface area contributed by atoms with Crippen LogP contribution in [0.25, 0.3) is 0 Å². The number of sulfonamides is 1. The highest BCUT2D eigenvalue weighted by Gasteiger charge is 2.51. The van der Waals surface area contributed by atoms with Gasteiger partial charge >= 0.3 is 0 Å². The number of methoxy groups -OCH3 is 2. The standard InChI is InChI=1S/C32H36N2O5S/c1-38-29-13-12-27(17-30(29)39-2)34(40(36,37)28-6-4-3-5-7-28)21-31(35)33-26-10-8-25(9-11-26)32-18-22-14-23(19-32)16-24(15-22)20-32/h3-13,17,22-24H,14-16,18-21H2,1-2H3,(H,33,35). The molecule has 3 aromatic carbocycles. The van der Waals surface area contributed by atoms with Crippen LogP contribution in [0.5, 0.6) is 11.5 Å². The molecule has 0 aromatic heterocycles. The van der Waals surface area contributed by atoms with Gasteiger partial charge in [0.25, 0.3) is 10.0 Å². The Hall–Kier alpha value is -3.52. The van der Waals surface area contributed by atoms with Crippen molar-refractivity contribution in [2.75, 3.05) is 30.4 Å². The van der Waals surface area contributed by atoms with Crippen LogP contribution in [-0.4, -0.2) is 35.1 Å². The van der Waals surface area contributed by atoms with E-state index < -0.39 is 22.5 Å². The number of nitrogens with zero attached hydrogens (tertiary/aromatic N) is 1. The fourth-order valence-electron chi connectivity index (χ4n) is 7.72. The lowest BCUT2D eigenvalue weighted by molar-refractivity contribution is -0.114. The maximum atomic E-state index is 13.7. The maximum Gasteiger partial charge on any atom is 0.264 e. The number of rotatable bonds is 9. The van der Waals surface area contributed by atoms with Crippen molar-refractivity contribution in [2.24, 2.45) is 17.8 Å². The monoisotopic (exact) mass is 560 g/mol. The molecule has 210 valence electrons. The quantitative estimate of drug-likeness (QED) is 0.347. The second-order valence-electron chi connectivity index (χ2n) is 11.7. The molecule has 7 rings (SSSR count). The largest absolute Gasteiger partial charge is 0.493 e. The molecule has 4 fully saturated rings. The van der Waals surface area contributed by atoms with E-state index in [1.165, 1.54) is 70.4 Å². The SMILES string of the molecule is COc1ccc(N(CC(=O)Nc2ccc(C34CC5CC(CC(C5)C3)C4)cc2)S(=O)(=O)c2ccccc2)cc1OC. The Morgan fingerprint density at radius 1 is 0.850 bits per heavy atom. The highest BCUT2D eigenvalue weighted by Crippen LogP contribution is 2.60. The third kappa shape index (κ3) is 4.94. The molecule has 40 heavy (non-hydrogen) atoms. The van der Waals surface area contributed by atoms with Gasteiger partial charge in [-0.3, -0.25) is 9.10 Å². The number of hydrogen-bond donors (Lipinski definition) is 1. The lowest BCUT2D eigenvalue weighted by atomic mass is 9.48. The minimum absolute atomic E-state index is 0.0949. The fourth-order valence-corrected chi connectivity index (χ4v) is 9.15. The minimum Gasteiger partial charge on any atom is -0.493 e. The smallest absolute Gasteiger partial charge is 0.264 e. The first-order valence-corrected chi connectivity index (χ1v) is 15.4. The van der Waals surface area contributed by atoms with Crippen LogP contribution in [0.3, 0.4) is 0 Å². The van der Waals surface area contributed by atoms with Crippen molar-refractivity contribution < 1.29 is 22.7 Å². The molecule has 4 saturated carbocycles. The van der Waals surface area contributed by atoms with Gasteiger partial charge in [0.15, 0.2) is 11.5 Å². The van der Waals surface area contributed by atoms with Crippen molar-refractivity contribution in [3.8, 4) is 11.5 Å². The van der Waals surface area contributed by atoms with Gasteiger partial charge in [-0.15, -0.1) is 0 Å². The molecule has 1 amide bonds. The number of hydrogen-bond acceptors (Lipinski definition) is 5. The predicted octanol–water partition coefficient (Wildman–Crippen LogP) is 6.01. The van der Waals surface area contributed by atoms with E-state index >= 15 is 0 Å². The third-order valence-corrected chi connectivity index (χ3v) is 10.9. The van der Waals surface area contributed by atoms with Crippen LogP contribution >= 0.6 is 0 Å². The van der Waals surface area contributed by atoms with Crippen molar-refractivity contribution >= 4 is 27.3 Å². The first kappa shape index (κ1) is 26.7. The van der Waals surface area contributed by atoms with Crippen molar-refractivity contribution in [1.82, 2.24) is 0 Å². The van der Waals surface area contributed by atoms with E-state index in [-0.39, 0.29) is 10.3 Å². The molecule has 3 aromatic rings. The molecule has 8 heteroatoms. The summed E-state index contributed by atoms with van der Waals surface area (Å²) >= 11 is 0. The Kier molecular flexibility index (Phi) is 6.98. The molecular weight excluding hydrogens is 524 g/mol. The highest BCUT2D eigenvalue weighted by molar-refractivity contribution is 7.92. The molecule has 4 aliphatic rings. The van der Waals surface area contributed by atoms with E-state index in [9.17, 15) is 13.2 Å². The molecule has 0 spiro atoms. The Morgan fingerprint density at radius 3 is 2.02 bits per heavy atom. The fraction of sp³-hybridized carbons (Fsp3) is 0.406. The van der Waals surface area contributed by atoms with Gasteiger partial charge in [0.05, 0.1) is 24.8 Å². The molecule has 0 unspecified atom stereocenters. The molecular formula is C32H36N2O5S. The predicted molar refractivity (Wildman–Crippen MR) is 155 cm³/mol. The number of anilines is 2. The van der Waals surface area contributed by atoms with Crippen LogP contribution in [0.15, 0.2) is 77.7 Å². The number of carbonyl (C=O) groups excluding carboxylic acids is 1. The van der Waals surface area contributed by atoms with Gasteiger partial charge in [-0.2, -0.15) is 0 Å². The summed E-state index contributed by atoms with van der Waals surface area (Å²) in [6.07, 6.45) is 8.04. The van der Waals surface area contributed by atoms with Gasteiger partial charge in [0, 0.05) is 11.8 Å². The number of benzene rings is 3. The number of ether oxygens (including phenoxy) is 2. The molecule has 4 aliphatic carbocycles. The Morgan fingerprint density at radius 2 is 1.45 bits per heavy atom. The van der Waals surface area contributed by atoms with Crippen LogP contribution < -0.4 is 19.1 Å². The van der Waals surface area contributed by atoms with E-state index in [4.69, 9.17) is 9.47 Å². The Bertz CT molecular complexity index is 1450. The minimum atomic E-state index is -4.04. The Balaban J connectivity index is 1.23. The van der Waals surface area contributed by atoms with Crippen LogP contribution in [0.1, 0.15) is 44.1 Å². The molecule has 0 aliphatic heterocycles. The number of nitrogens with one attached hydrogen (secondary N) is 1. The highest BCUT2D eigenvalue weighted by atomic mass is 32.2. The molecule has 1 N–H and O–H groups in total. The summed E-state index contributed by atoms with van der Waals surface area (Å²) in [6, 6.07) is 21.1. The van der Waals surface area contributed by atoms with Gasteiger partial charge in [0.1, 0.15) is 6.54 Å². The first-order valence-electron chi connectivity index (χ1n) is 14.0. The van der Waals surface area contributed by atoms with E-state index in [0.717, 1.165) is 22.1 Å². The molecule has 0 atom stereocenters. The summed E-state index contributed by atoms with van der Waals surface area (Å²) in [5.74, 6) is 2.98. The zero-order valence-corrected chi connectivity index (χ0v) is 23.8. The second kappa shape index (κ2) is 10.5. The third-order valence-electron chi connectivity index (χ3n) is 9.09. The summed E-state index contributed by atoms with van der Waals surface area (Å²) in [4.78, 5) is 13.4. The van der Waals surface area contributed by atoms with Crippen LogP contribution in [0.4, 0.5) is 11.4 Å². The average molecular weight is 561 g/mol. The summed E-state index contributed by atoms with van der Waals surface area (Å²) in [5.41, 5.74) is 2.62. The summed E-state index contributed by atoms with van der Waals surface area (Å²) < 4.78 is 39.2. The molecule has 4 bridgehead atoms. The second-order valence-corrected chi connectivity index (χ2v) is 13.5. The van der Waals surface area contributed by atoms with Crippen LogP contribution in [0, 0.1) is 17.8 Å². The zero-order valence-electron chi connectivity index (χ0n) is 23.0. The first-order chi connectivity index (χ1) is 19.3. The van der Waals surface area contributed by atoms with Gasteiger partial charge in [0.2, 0.25) is 5.91 Å². The van der Waals surface area contributed by atoms with Gasteiger partial charge in [-0.25, -0.2) is 8.42 Å². The van der Waals surface area contributed by atoms with Gasteiger partial charge < -0.3 is 14.8 Å². The lowest BCUT2D eigenvalue weighted by Crippen LogP contribution is -2.48. The Labute approximate surface area is 236 Å². The average Bonchev–Trinajstić information content (AvgIpc) is 2.95. The van der Waals surface area contributed by atoms with Crippen molar-refractivity contribution in [3.63, 3.8) is 0 Å². The number of carbonyl (C=O) groups is 1. The topological polar surface area (TPSA) is 84.9 Å². The molecule has 0 saturated heterocycles.